The van der Waals surface area contributed by atoms with Gasteiger partial charge in [0.1, 0.15) is 5.58 Å². The van der Waals surface area contributed by atoms with E-state index in [4.69, 9.17) is 4.42 Å². The van der Waals surface area contributed by atoms with Gasteiger partial charge in [-0.3, -0.25) is 0 Å². The van der Waals surface area contributed by atoms with Crippen molar-refractivity contribution >= 4 is 11.0 Å². The number of hydrogen-bond donors (Lipinski definition) is 0. The molecule has 1 aromatic carbocycles. The van der Waals surface area contributed by atoms with Gasteiger partial charge in [-0.05, 0) is 49.1 Å². The van der Waals surface area contributed by atoms with Crippen LogP contribution in [0, 0.1) is 13.8 Å². The first kappa shape index (κ1) is 15.5. The Labute approximate surface area is 136 Å². The van der Waals surface area contributed by atoms with Crippen LogP contribution in [0.3, 0.4) is 0 Å². The van der Waals surface area contributed by atoms with Crippen molar-refractivity contribution in [3.63, 3.8) is 0 Å². The summed E-state index contributed by atoms with van der Waals surface area (Å²) in [5.74, 6) is 0. The highest BCUT2D eigenvalue weighted by Crippen LogP contribution is 2.21. The Bertz CT molecular complexity index is 892. The van der Waals surface area contributed by atoms with Crippen molar-refractivity contribution in [3.05, 3.63) is 75.4 Å². The third kappa shape index (κ3) is 3.34. The number of aryl methyl sites for hydroxylation is 3. The zero-order valence-corrected chi connectivity index (χ0v) is 13.9. The van der Waals surface area contributed by atoms with Crippen LogP contribution in [0.5, 0.6) is 0 Å². The van der Waals surface area contributed by atoms with Gasteiger partial charge in [0.2, 0.25) is 0 Å². The molecular weight excluding hydrogens is 286 g/mol. The van der Waals surface area contributed by atoms with Crippen molar-refractivity contribution in [2.45, 2.75) is 40.2 Å². The minimum absolute atomic E-state index is 0.293. The fourth-order valence-corrected chi connectivity index (χ4v) is 2.86. The Balaban J connectivity index is 2.02. The Morgan fingerprint density at radius 3 is 2.43 bits per heavy atom. The SMILES string of the molecule is CCCc1cc[n+](Cc2cc(=O)oc3cc(C)c(C)cc23)cc1. The van der Waals surface area contributed by atoms with Gasteiger partial charge in [0.25, 0.3) is 0 Å². The lowest BCUT2D eigenvalue weighted by molar-refractivity contribution is -0.688. The molecule has 0 saturated heterocycles. The van der Waals surface area contributed by atoms with E-state index in [-0.39, 0.29) is 5.63 Å². The average Bonchev–Trinajstić information content (AvgIpc) is 2.51. The second-order valence-electron chi connectivity index (χ2n) is 6.15. The second-order valence-corrected chi connectivity index (χ2v) is 6.15. The van der Waals surface area contributed by atoms with Crippen LogP contribution >= 0.6 is 0 Å². The number of aromatic nitrogens is 1. The number of benzene rings is 1. The van der Waals surface area contributed by atoms with E-state index in [1.165, 1.54) is 11.1 Å². The lowest BCUT2D eigenvalue weighted by Gasteiger charge is -2.06. The quantitative estimate of drug-likeness (QED) is 0.544. The van der Waals surface area contributed by atoms with E-state index in [0.29, 0.717) is 12.1 Å². The molecule has 118 valence electrons. The summed E-state index contributed by atoms with van der Waals surface area (Å²) < 4.78 is 7.46. The third-order valence-corrected chi connectivity index (χ3v) is 4.30. The normalized spacial score (nSPS) is 11.1. The van der Waals surface area contributed by atoms with Crippen LogP contribution in [-0.2, 0) is 13.0 Å². The molecule has 3 aromatic rings. The first-order valence-corrected chi connectivity index (χ1v) is 8.09. The molecule has 3 heteroatoms. The van der Waals surface area contributed by atoms with Gasteiger partial charge in [-0.1, -0.05) is 13.3 Å². The molecular formula is C20H22NO2+. The molecule has 0 fully saturated rings. The van der Waals surface area contributed by atoms with Crippen LogP contribution in [0.15, 0.2) is 51.9 Å². The van der Waals surface area contributed by atoms with E-state index in [9.17, 15) is 4.79 Å². The standard InChI is InChI=1S/C20H22NO2/c1-4-5-16-6-8-21(9-7-16)13-17-12-20(22)23-19-11-15(3)14(2)10-18(17)19/h6-12H,4-5,13H2,1-3H3/q+1. The molecule has 3 nitrogen and oxygen atoms in total. The van der Waals surface area contributed by atoms with Gasteiger partial charge >= 0.3 is 5.63 Å². The van der Waals surface area contributed by atoms with Gasteiger partial charge < -0.3 is 4.42 Å². The summed E-state index contributed by atoms with van der Waals surface area (Å²) in [6.07, 6.45) is 6.39. The molecule has 0 amide bonds. The first-order chi connectivity index (χ1) is 11.1. The molecule has 3 rings (SSSR count). The van der Waals surface area contributed by atoms with Crippen LogP contribution in [0.25, 0.3) is 11.0 Å². The molecule has 0 saturated carbocycles. The van der Waals surface area contributed by atoms with E-state index in [2.05, 4.69) is 49.0 Å². The molecule has 0 aliphatic rings. The molecule has 23 heavy (non-hydrogen) atoms. The van der Waals surface area contributed by atoms with Crippen LogP contribution in [0.2, 0.25) is 0 Å². The summed E-state index contributed by atoms with van der Waals surface area (Å²) in [5.41, 5.74) is 5.04. The third-order valence-electron chi connectivity index (χ3n) is 4.30. The Kier molecular flexibility index (Phi) is 4.28. The minimum atomic E-state index is -0.293. The minimum Gasteiger partial charge on any atom is -0.423 e. The first-order valence-electron chi connectivity index (χ1n) is 8.09. The summed E-state index contributed by atoms with van der Waals surface area (Å²) in [6.45, 7) is 6.96. The maximum absolute atomic E-state index is 11.9. The van der Waals surface area contributed by atoms with Gasteiger partial charge in [0.05, 0.1) is 0 Å². The molecule has 0 radical (unpaired) electrons. The zero-order chi connectivity index (χ0) is 16.4. The van der Waals surface area contributed by atoms with Crippen molar-refractivity contribution in [2.75, 3.05) is 0 Å². The maximum Gasteiger partial charge on any atom is 0.336 e. The van der Waals surface area contributed by atoms with E-state index >= 15 is 0 Å². The number of hydrogen-bond acceptors (Lipinski definition) is 2. The van der Waals surface area contributed by atoms with Crippen molar-refractivity contribution < 1.29 is 8.98 Å². The summed E-state index contributed by atoms with van der Waals surface area (Å²) in [7, 11) is 0. The fraction of sp³-hybridized carbons (Fsp3) is 0.300. The van der Waals surface area contributed by atoms with E-state index in [1.54, 1.807) is 6.07 Å². The summed E-state index contributed by atoms with van der Waals surface area (Å²) in [6, 6.07) is 9.95. The molecule has 0 atom stereocenters. The van der Waals surface area contributed by atoms with E-state index < -0.39 is 0 Å². The van der Waals surface area contributed by atoms with Crippen molar-refractivity contribution in [1.82, 2.24) is 0 Å². The molecule has 0 bridgehead atoms. The van der Waals surface area contributed by atoms with E-state index in [0.717, 1.165) is 29.4 Å². The summed E-state index contributed by atoms with van der Waals surface area (Å²) in [4.78, 5) is 11.9. The predicted molar refractivity (Wildman–Crippen MR) is 91.7 cm³/mol. The molecule has 0 unspecified atom stereocenters. The van der Waals surface area contributed by atoms with Crippen LogP contribution in [-0.4, -0.2) is 0 Å². The van der Waals surface area contributed by atoms with Gasteiger partial charge in [0.15, 0.2) is 18.9 Å². The molecule has 2 heterocycles. The molecule has 0 spiro atoms. The summed E-state index contributed by atoms with van der Waals surface area (Å²) >= 11 is 0. The Morgan fingerprint density at radius 2 is 1.74 bits per heavy atom. The molecule has 0 aliphatic heterocycles. The number of pyridine rings is 1. The number of rotatable bonds is 4. The van der Waals surface area contributed by atoms with Crippen molar-refractivity contribution in [3.8, 4) is 0 Å². The highest BCUT2D eigenvalue weighted by molar-refractivity contribution is 5.81. The van der Waals surface area contributed by atoms with Crippen LogP contribution in [0.4, 0.5) is 0 Å². The van der Waals surface area contributed by atoms with Gasteiger partial charge in [-0.25, -0.2) is 9.36 Å². The van der Waals surface area contributed by atoms with Crippen LogP contribution < -0.4 is 10.2 Å². The largest absolute Gasteiger partial charge is 0.423 e. The number of nitrogens with zero attached hydrogens (tertiary/aromatic N) is 1. The highest BCUT2D eigenvalue weighted by Gasteiger charge is 2.11. The second kappa shape index (κ2) is 6.37. The lowest BCUT2D eigenvalue weighted by atomic mass is 10.0. The highest BCUT2D eigenvalue weighted by atomic mass is 16.4. The number of fused-ring (bicyclic) bond motifs is 1. The average molecular weight is 308 g/mol. The van der Waals surface area contributed by atoms with Gasteiger partial charge in [0, 0.05) is 29.1 Å². The maximum atomic E-state index is 11.9. The monoisotopic (exact) mass is 308 g/mol. The summed E-state index contributed by atoms with van der Waals surface area (Å²) in [5, 5.41) is 1.01. The predicted octanol–water partition coefficient (Wildman–Crippen LogP) is 3.70. The van der Waals surface area contributed by atoms with Crippen molar-refractivity contribution in [1.29, 1.82) is 0 Å². The fourth-order valence-electron chi connectivity index (χ4n) is 2.86. The van der Waals surface area contributed by atoms with Gasteiger partial charge in [-0.15, -0.1) is 0 Å². The zero-order valence-electron chi connectivity index (χ0n) is 13.9. The smallest absolute Gasteiger partial charge is 0.336 e. The Hall–Kier alpha value is -2.42. The van der Waals surface area contributed by atoms with Crippen molar-refractivity contribution in [2.24, 2.45) is 0 Å². The Morgan fingerprint density at radius 1 is 1.04 bits per heavy atom. The van der Waals surface area contributed by atoms with Gasteiger partial charge in [-0.2, -0.15) is 0 Å². The molecule has 0 N–H and O–H groups in total. The van der Waals surface area contributed by atoms with Crippen LogP contribution in [0.1, 0.15) is 35.6 Å². The van der Waals surface area contributed by atoms with E-state index in [1.807, 2.05) is 13.0 Å². The molecule has 0 aliphatic carbocycles. The topological polar surface area (TPSA) is 34.1 Å². The molecule has 2 aromatic heterocycles. The lowest BCUT2D eigenvalue weighted by Crippen LogP contribution is -2.33.